The van der Waals surface area contributed by atoms with Crippen LogP contribution in [0.15, 0.2) is 24.3 Å². The summed E-state index contributed by atoms with van der Waals surface area (Å²) in [5, 5.41) is 0. The van der Waals surface area contributed by atoms with Crippen molar-refractivity contribution in [2.45, 2.75) is 38.2 Å². The zero-order chi connectivity index (χ0) is 14.9. The quantitative estimate of drug-likeness (QED) is 0.816. The van der Waals surface area contributed by atoms with Gasteiger partial charge in [-0.05, 0) is 24.0 Å². The average molecular weight is 289 g/mol. The summed E-state index contributed by atoms with van der Waals surface area (Å²) in [7, 11) is 1.45. The van der Waals surface area contributed by atoms with E-state index in [0.29, 0.717) is 18.9 Å². The molecule has 0 spiro atoms. The predicted octanol–water partition coefficient (Wildman–Crippen LogP) is 2.30. The van der Waals surface area contributed by atoms with E-state index in [2.05, 4.69) is 6.07 Å². The van der Waals surface area contributed by atoms with Gasteiger partial charge in [0.1, 0.15) is 11.9 Å². The van der Waals surface area contributed by atoms with Crippen molar-refractivity contribution >= 4 is 5.97 Å². The Morgan fingerprint density at radius 3 is 2.76 bits per heavy atom. The zero-order valence-corrected chi connectivity index (χ0v) is 12.5. The highest BCUT2D eigenvalue weighted by atomic mass is 16.5. The summed E-state index contributed by atoms with van der Waals surface area (Å²) in [6.45, 7) is 0.326. The van der Waals surface area contributed by atoms with Gasteiger partial charge in [-0.2, -0.15) is 0 Å². The molecule has 2 N–H and O–H groups in total. The third-order valence-electron chi connectivity index (χ3n) is 4.72. The summed E-state index contributed by atoms with van der Waals surface area (Å²) in [6.07, 6.45) is 4.73. The van der Waals surface area contributed by atoms with E-state index in [4.69, 9.17) is 15.2 Å². The van der Waals surface area contributed by atoms with Gasteiger partial charge in [-0.3, -0.25) is 4.79 Å². The molecule has 3 rings (SSSR count). The lowest BCUT2D eigenvalue weighted by Crippen LogP contribution is -2.43. The van der Waals surface area contributed by atoms with Gasteiger partial charge in [-0.1, -0.05) is 31.0 Å². The normalized spacial score (nSPS) is 23.0. The number of carbonyl (C=O) groups excluding carboxylic acids is 1. The molecule has 114 valence electrons. The van der Waals surface area contributed by atoms with Crippen LogP contribution in [0.4, 0.5) is 0 Å². The number of benzene rings is 1. The Bertz CT molecular complexity index is 502. The van der Waals surface area contributed by atoms with Gasteiger partial charge in [0.2, 0.25) is 0 Å². The van der Waals surface area contributed by atoms with Crippen LogP contribution in [0.3, 0.4) is 0 Å². The van der Waals surface area contributed by atoms with Crippen molar-refractivity contribution in [2.75, 3.05) is 13.7 Å². The monoisotopic (exact) mass is 289 g/mol. The van der Waals surface area contributed by atoms with Crippen molar-refractivity contribution in [1.29, 1.82) is 0 Å². The molecule has 1 aliphatic heterocycles. The van der Waals surface area contributed by atoms with Crippen LogP contribution in [-0.4, -0.2) is 25.7 Å². The molecule has 1 heterocycles. The second kappa shape index (κ2) is 5.68. The van der Waals surface area contributed by atoms with E-state index in [-0.39, 0.29) is 12.1 Å². The van der Waals surface area contributed by atoms with E-state index in [1.165, 1.54) is 25.5 Å². The molecule has 1 saturated carbocycles. The fourth-order valence-corrected chi connectivity index (χ4v) is 3.39. The number of hydrogen-bond donors (Lipinski definition) is 1. The van der Waals surface area contributed by atoms with Crippen molar-refractivity contribution in [3.05, 3.63) is 29.8 Å². The third kappa shape index (κ3) is 2.91. The Morgan fingerprint density at radius 1 is 1.38 bits per heavy atom. The molecule has 1 aliphatic carbocycles. The van der Waals surface area contributed by atoms with E-state index in [9.17, 15) is 4.79 Å². The number of fused-ring (bicyclic) bond motifs is 1. The van der Waals surface area contributed by atoms with Gasteiger partial charge in [-0.15, -0.1) is 0 Å². The van der Waals surface area contributed by atoms with Crippen LogP contribution in [0.1, 0.15) is 31.2 Å². The second-order valence-corrected chi connectivity index (χ2v) is 6.38. The standard InChI is InChI=1S/C17H23NO3/c1-20-16(19)17(11-18,9-12-6-7-12)10-14-8-13-4-2-3-5-15(13)21-14/h2-5,12,14H,6-11,18H2,1H3. The Balaban J connectivity index is 1.74. The molecule has 0 amide bonds. The van der Waals surface area contributed by atoms with Gasteiger partial charge >= 0.3 is 5.97 Å². The Labute approximate surface area is 125 Å². The van der Waals surface area contributed by atoms with Gasteiger partial charge in [0.25, 0.3) is 0 Å². The van der Waals surface area contributed by atoms with E-state index in [1.807, 2.05) is 18.2 Å². The molecule has 4 nitrogen and oxygen atoms in total. The van der Waals surface area contributed by atoms with Crippen LogP contribution >= 0.6 is 0 Å². The van der Waals surface area contributed by atoms with Crippen molar-refractivity contribution in [3.63, 3.8) is 0 Å². The Kier molecular flexibility index (Phi) is 3.89. The molecule has 0 radical (unpaired) electrons. The fourth-order valence-electron chi connectivity index (χ4n) is 3.39. The largest absolute Gasteiger partial charge is 0.490 e. The highest BCUT2D eigenvalue weighted by Crippen LogP contribution is 2.44. The minimum Gasteiger partial charge on any atom is -0.490 e. The molecule has 0 saturated heterocycles. The van der Waals surface area contributed by atoms with Gasteiger partial charge in [-0.25, -0.2) is 0 Å². The van der Waals surface area contributed by atoms with Crippen LogP contribution < -0.4 is 10.5 Å². The van der Waals surface area contributed by atoms with Gasteiger partial charge in [0.15, 0.2) is 0 Å². The molecule has 0 aromatic heterocycles. The molecule has 0 bridgehead atoms. The number of rotatable bonds is 6. The maximum Gasteiger partial charge on any atom is 0.313 e. The SMILES string of the molecule is COC(=O)C(CN)(CC1CC1)CC1Cc2ccccc2O1. The van der Waals surface area contributed by atoms with Crippen LogP contribution in [-0.2, 0) is 16.0 Å². The first-order chi connectivity index (χ1) is 10.2. The summed E-state index contributed by atoms with van der Waals surface area (Å²) >= 11 is 0. The summed E-state index contributed by atoms with van der Waals surface area (Å²) < 4.78 is 11.0. The number of methoxy groups -OCH3 is 1. The fraction of sp³-hybridized carbons (Fsp3) is 0.588. The molecule has 21 heavy (non-hydrogen) atoms. The number of hydrogen-bond acceptors (Lipinski definition) is 4. The smallest absolute Gasteiger partial charge is 0.313 e. The molecule has 2 unspecified atom stereocenters. The van der Waals surface area contributed by atoms with Crippen LogP contribution in [0.5, 0.6) is 5.75 Å². The van der Waals surface area contributed by atoms with Crippen molar-refractivity contribution in [3.8, 4) is 5.75 Å². The van der Waals surface area contributed by atoms with Gasteiger partial charge in [0, 0.05) is 19.4 Å². The summed E-state index contributed by atoms with van der Waals surface area (Å²) in [5.41, 5.74) is 6.61. The number of ether oxygens (including phenoxy) is 2. The van der Waals surface area contributed by atoms with E-state index in [1.54, 1.807) is 0 Å². The summed E-state index contributed by atoms with van der Waals surface area (Å²) in [5.74, 6) is 1.37. The maximum atomic E-state index is 12.3. The predicted molar refractivity (Wildman–Crippen MR) is 80.0 cm³/mol. The summed E-state index contributed by atoms with van der Waals surface area (Å²) in [6, 6.07) is 8.06. The van der Waals surface area contributed by atoms with Crippen molar-refractivity contribution < 1.29 is 14.3 Å². The van der Waals surface area contributed by atoms with E-state index >= 15 is 0 Å². The van der Waals surface area contributed by atoms with Gasteiger partial charge < -0.3 is 15.2 Å². The number of esters is 1. The minimum atomic E-state index is -0.595. The van der Waals surface area contributed by atoms with E-state index < -0.39 is 5.41 Å². The molecule has 4 heteroatoms. The molecular weight excluding hydrogens is 266 g/mol. The lowest BCUT2D eigenvalue weighted by molar-refractivity contribution is -0.154. The molecule has 2 atom stereocenters. The second-order valence-electron chi connectivity index (χ2n) is 6.38. The van der Waals surface area contributed by atoms with Crippen molar-refractivity contribution in [1.82, 2.24) is 0 Å². The van der Waals surface area contributed by atoms with E-state index in [0.717, 1.165) is 18.6 Å². The molecule has 1 fully saturated rings. The Hall–Kier alpha value is -1.55. The Morgan fingerprint density at radius 2 is 2.14 bits per heavy atom. The first-order valence-corrected chi connectivity index (χ1v) is 7.70. The molecule has 1 aromatic rings. The highest BCUT2D eigenvalue weighted by Gasteiger charge is 2.45. The number of carbonyl (C=O) groups is 1. The average Bonchev–Trinajstić information content (AvgIpc) is 3.22. The van der Waals surface area contributed by atoms with Crippen molar-refractivity contribution in [2.24, 2.45) is 17.1 Å². The number of nitrogens with two attached hydrogens (primary N) is 1. The molecule has 1 aromatic carbocycles. The molecular formula is C17H23NO3. The first-order valence-electron chi connectivity index (χ1n) is 7.70. The molecule has 2 aliphatic rings. The highest BCUT2D eigenvalue weighted by molar-refractivity contribution is 5.77. The maximum absolute atomic E-state index is 12.3. The lowest BCUT2D eigenvalue weighted by atomic mass is 9.77. The van der Waals surface area contributed by atoms with Gasteiger partial charge in [0.05, 0.1) is 12.5 Å². The van der Waals surface area contributed by atoms with Crippen LogP contribution in [0.2, 0.25) is 0 Å². The minimum absolute atomic E-state index is 0.0174. The first kappa shape index (κ1) is 14.4. The summed E-state index contributed by atoms with van der Waals surface area (Å²) in [4.78, 5) is 12.3. The van der Waals surface area contributed by atoms with Crippen LogP contribution in [0, 0.1) is 11.3 Å². The zero-order valence-electron chi connectivity index (χ0n) is 12.5. The third-order valence-corrected chi connectivity index (χ3v) is 4.72. The number of para-hydroxylation sites is 1. The van der Waals surface area contributed by atoms with Crippen LogP contribution in [0.25, 0.3) is 0 Å². The lowest BCUT2D eigenvalue weighted by Gasteiger charge is -2.31. The topological polar surface area (TPSA) is 61.5 Å².